The minimum absolute atomic E-state index is 0.0266. The number of halogens is 1. The van der Waals surface area contributed by atoms with Crippen molar-refractivity contribution in [2.75, 3.05) is 6.54 Å². The second-order valence-electron chi connectivity index (χ2n) is 3.49. The number of fused-ring (bicyclic) bond motifs is 1. The average Bonchev–Trinajstić information content (AvgIpc) is 2.27. The first-order valence-corrected chi connectivity index (χ1v) is 5.15. The minimum Gasteiger partial charge on any atom is -0.508 e. The number of benzene rings is 2. The molecule has 16 heavy (non-hydrogen) atoms. The van der Waals surface area contributed by atoms with Gasteiger partial charge >= 0.3 is 0 Å². The molecule has 0 amide bonds. The van der Waals surface area contributed by atoms with Crippen molar-refractivity contribution < 1.29 is 9.90 Å². The topological polar surface area (TPSA) is 63.3 Å². The van der Waals surface area contributed by atoms with Crippen molar-refractivity contribution in [3.63, 3.8) is 0 Å². The Labute approximate surface area is 97.4 Å². The summed E-state index contributed by atoms with van der Waals surface area (Å²) in [5.74, 6) is -0.0264. The van der Waals surface area contributed by atoms with E-state index in [0.29, 0.717) is 10.6 Å². The monoisotopic (exact) mass is 235 g/mol. The second kappa shape index (κ2) is 4.12. The van der Waals surface area contributed by atoms with Gasteiger partial charge in [-0.1, -0.05) is 23.7 Å². The Kier molecular flexibility index (Phi) is 2.81. The summed E-state index contributed by atoms with van der Waals surface area (Å²) in [5.41, 5.74) is 5.82. The van der Waals surface area contributed by atoms with Gasteiger partial charge in [-0.3, -0.25) is 4.79 Å². The lowest BCUT2D eigenvalue weighted by atomic mass is 10.0. The Bertz CT molecular complexity index is 566. The molecule has 3 nitrogen and oxygen atoms in total. The predicted octanol–water partition coefficient (Wildman–Crippen LogP) is 2.34. The van der Waals surface area contributed by atoms with E-state index < -0.39 is 0 Å². The molecule has 0 radical (unpaired) electrons. The molecule has 0 unspecified atom stereocenters. The van der Waals surface area contributed by atoms with Crippen LogP contribution < -0.4 is 5.73 Å². The number of ketones is 1. The third kappa shape index (κ3) is 1.87. The number of carbonyl (C=O) groups excluding carboxylic acids is 1. The molecule has 0 fully saturated rings. The van der Waals surface area contributed by atoms with Gasteiger partial charge in [-0.25, -0.2) is 0 Å². The zero-order valence-electron chi connectivity index (χ0n) is 8.40. The summed E-state index contributed by atoms with van der Waals surface area (Å²) in [7, 11) is 0. The summed E-state index contributed by atoms with van der Waals surface area (Å²) in [4.78, 5) is 11.4. The highest BCUT2D eigenvalue weighted by atomic mass is 35.5. The molecule has 82 valence electrons. The number of nitrogens with two attached hydrogens (primary N) is 1. The highest BCUT2D eigenvalue weighted by Crippen LogP contribution is 2.29. The maximum Gasteiger partial charge on any atom is 0.176 e. The fourth-order valence-corrected chi connectivity index (χ4v) is 1.86. The van der Waals surface area contributed by atoms with Crippen LogP contribution >= 0.6 is 11.6 Å². The summed E-state index contributed by atoms with van der Waals surface area (Å²) < 4.78 is 0. The SMILES string of the molecule is NCC(=O)c1ccc2cc(O)cc(Cl)c2c1. The Morgan fingerprint density at radius 3 is 2.75 bits per heavy atom. The molecule has 0 atom stereocenters. The smallest absolute Gasteiger partial charge is 0.176 e. The molecule has 3 N–H and O–H groups in total. The predicted molar refractivity (Wildman–Crippen MR) is 64.0 cm³/mol. The van der Waals surface area contributed by atoms with Gasteiger partial charge in [-0.15, -0.1) is 0 Å². The highest BCUT2D eigenvalue weighted by Gasteiger charge is 2.07. The lowest BCUT2D eigenvalue weighted by Crippen LogP contribution is -2.13. The van der Waals surface area contributed by atoms with E-state index in [1.165, 1.54) is 6.07 Å². The average molecular weight is 236 g/mol. The number of phenols is 1. The molecule has 0 aliphatic carbocycles. The first kappa shape index (κ1) is 10.9. The molecule has 4 heteroatoms. The van der Waals surface area contributed by atoms with Gasteiger partial charge < -0.3 is 10.8 Å². The summed E-state index contributed by atoms with van der Waals surface area (Å²) >= 11 is 5.98. The van der Waals surface area contributed by atoms with Gasteiger partial charge in [0.15, 0.2) is 5.78 Å². The Balaban J connectivity index is 2.66. The third-order valence-corrected chi connectivity index (χ3v) is 2.71. The molecular formula is C12H10ClNO2. The maximum absolute atomic E-state index is 11.4. The van der Waals surface area contributed by atoms with E-state index in [-0.39, 0.29) is 18.1 Å². The first-order valence-electron chi connectivity index (χ1n) is 4.77. The van der Waals surface area contributed by atoms with Gasteiger partial charge in [-0.05, 0) is 23.6 Å². The number of Topliss-reactive ketones (excluding diaryl/α,β-unsaturated/α-hetero) is 1. The van der Waals surface area contributed by atoms with Crippen molar-refractivity contribution in [2.24, 2.45) is 5.73 Å². The molecule has 2 aromatic rings. The van der Waals surface area contributed by atoms with Crippen LogP contribution in [0.1, 0.15) is 10.4 Å². The standard InChI is InChI=1S/C12H10ClNO2/c13-11-5-9(15)3-7-1-2-8(4-10(7)11)12(16)6-14/h1-5,15H,6,14H2. The molecule has 0 bridgehead atoms. The molecular weight excluding hydrogens is 226 g/mol. The normalized spacial score (nSPS) is 10.6. The van der Waals surface area contributed by atoms with Crippen molar-refractivity contribution in [1.82, 2.24) is 0 Å². The molecule has 2 rings (SSSR count). The molecule has 0 aliphatic rings. The fourth-order valence-electron chi connectivity index (χ4n) is 1.59. The number of hydrogen-bond acceptors (Lipinski definition) is 3. The molecule has 0 saturated heterocycles. The van der Waals surface area contributed by atoms with E-state index in [1.54, 1.807) is 24.3 Å². The Morgan fingerprint density at radius 2 is 2.06 bits per heavy atom. The van der Waals surface area contributed by atoms with Crippen molar-refractivity contribution in [2.45, 2.75) is 0 Å². The maximum atomic E-state index is 11.4. The van der Waals surface area contributed by atoms with E-state index in [9.17, 15) is 9.90 Å². The number of hydrogen-bond donors (Lipinski definition) is 2. The van der Waals surface area contributed by atoms with Gasteiger partial charge in [-0.2, -0.15) is 0 Å². The zero-order valence-corrected chi connectivity index (χ0v) is 9.16. The third-order valence-electron chi connectivity index (χ3n) is 2.40. The molecule has 0 saturated carbocycles. The number of aromatic hydroxyl groups is 1. The van der Waals surface area contributed by atoms with Crippen LogP contribution in [0.15, 0.2) is 30.3 Å². The van der Waals surface area contributed by atoms with Crippen LogP contribution in [0.25, 0.3) is 10.8 Å². The summed E-state index contributed by atoms with van der Waals surface area (Å²) in [6.45, 7) is -0.0266. The molecule has 0 aliphatic heterocycles. The number of phenolic OH excluding ortho intramolecular Hbond substituents is 1. The number of rotatable bonds is 2. The Hall–Kier alpha value is -1.58. The van der Waals surface area contributed by atoms with E-state index in [1.807, 2.05) is 0 Å². The molecule has 0 spiro atoms. The molecule has 0 aromatic heterocycles. The van der Waals surface area contributed by atoms with Crippen molar-refractivity contribution >= 4 is 28.2 Å². The van der Waals surface area contributed by atoms with E-state index in [4.69, 9.17) is 17.3 Å². The van der Waals surface area contributed by atoms with Crippen LogP contribution in [-0.4, -0.2) is 17.4 Å². The minimum atomic E-state index is -0.133. The van der Waals surface area contributed by atoms with Crippen molar-refractivity contribution in [3.05, 3.63) is 40.9 Å². The van der Waals surface area contributed by atoms with Gasteiger partial charge in [0.25, 0.3) is 0 Å². The summed E-state index contributed by atoms with van der Waals surface area (Å²) in [6, 6.07) is 8.14. The van der Waals surface area contributed by atoms with Gasteiger partial charge in [0.05, 0.1) is 11.6 Å². The first-order chi connectivity index (χ1) is 7.61. The quantitative estimate of drug-likeness (QED) is 0.786. The van der Waals surface area contributed by atoms with Gasteiger partial charge in [0, 0.05) is 10.9 Å². The lowest BCUT2D eigenvalue weighted by molar-refractivity contribution is 0.100. The van der Waals surface area contributed by atoms with E-state index in [2.05, 4.69) is 0 Å². The van der Waals surface area contributed by atoms with E-state index in [0.717, 1.165) is 10.8 Å². The fraction of sp³-hybridized carbons (Fsp3) is 0.0833. The summed E-state index contributed by atoms with van der Waals surface area (Å²) in [5, 5.41) is 11.3. The van der Waals surface area contributed by atoms with E-state index >= 15 is 0 Å². The molecule has 0 heterocycles. The highest BCUT2D eigenvalue weighted by molar-refractivity contribution is 6.35. The lowest BCUT2D eigenvalue weighted by Gasteiger charge is -2.04. The van der Waals surface area contributed by atoms with Crippen LogP contribution in [0.5, 0.6) is 5.75 Å². The zero-order chi connectivity index (χ0) is 11.7. The van der Waals surface area contributed by atoms with Crippen molar-refractivity contribution in [1.29, 1.82) is 0 Å². The van der Waals surface area contributed by atoms with Crippen LogP contribution in [0.2, 0.25) is 5.02 Å². The summed E-state index contributed by atoms with van der Waals surface area (Å²) in [6.07, 6.45) is 0. The van der Waals surface area contributed by atoms with Gasteiger partial charge in [0.1, 0.15) is 5.75 Å². The molecule has 2 aromatic carbocycles. The van der Waals surface area contributed by atoms with Gasteiger partial charge in [0.2, 0.25) is 0 Å². The largest absolute Gasteiger partial charge is 0.508 e. The number of carbonyl (C=O) groups is 1. The Morgan fingerprint density at radius 1 is 1.31 bits per heavy atom. The van der Waals surface area contributed by atoms with Crippen LogP contribution in [-0.2, 0) is 0 Å². The van der Waals surface area contributed by atoms with Crippen LogP contribution in [0.3, 0.4) is 0 Å². The second-order valence-corrected chi connectivity index (χ2v) is 3.90. The van der Waals surface area contributed by atoms with Crippen molar-refractivity contribution in [3.8, 4) is 5.75 Å². The van der Waals surface area contributed by atoms with Crippen LogP contribution in [0, 0.1) is 0 Å². The van der Waals surface area contributed by atoms with Crippen LogP contribution in [0.4, 0.5) is 0 Å².